The largest absolute Gasteiger partial charge is 0.389 e. The zero-order valence-electron chi connectivity index (χ0n) is 7.54. The monoisotopic (exact) mass is 222 g/mol. The Labute approximate surface area is 85.0 Å². The molecule has 1 heterocycles. The average molecular weight is 222 g/mol. The second-order valence-electron chi connectivity index (χ2n) is 3.65. The summed E-state index contributed by atoms with van der Waals surface area (Å²) in [4.78, 5) is 4.03. The van der Waals surface area contributed by atoms with Gasteiger partial charge in [0.25, 0.3) is 5.92 Å². The van der Waals surface area contributed by atoms with Crippen molar-refractivity contribution >= 4 is 16.9 Å². The van der Waals surface area contributed by atoms with Crippen LogP contribution in [0.1, 0.15) is 6.42 Å². The Hall–Kier alpha value is -0.360. The van der Waals surface area contributed by atoms with E-state index in [1.54, 1.807) is 0 Å². The van der Waals surface area contributed by atoms with Crippen molar-refractivity contribution in [2.45, 2.75) is 18.4 Å². The van der Waals surface area contributed by atoms with E-state index < -0.39 is 17.9 Å². The Morgan fingerprint density at radius 1 is 1.64 bits per heavy atom. The van der Waals surface area contributed by atoms with Crippen LogP contribution in [0.5, 0.6) is 0 Å². The lowest BCUT2D eigenvalue weighted by Gasteiger charge is -2.18. The summed E-state index contributed by atoms with van der Waals surface area (Å²) >= 11 is 1.32. The van der Waals surface area contributed by atoms with Gasteiger partial charge >= 0.3 is 0 Å². The van der Waals surface area contributed by atoms with Gasteiger partial charge in [-0.2, -0.15) is 0 Å². The molecule has 3 nitrogen and oxygen atoms in total. The summed E-state index contributed by atoms with van der Waals surface area (Å²) in [5.74, 6) is -2.51. The Kier molecular flexibility index (Phi) is 2.66. The van der Waals surface area contributed by atoms with E-state index in [9.17, 15) is 8.78 Å². The van der Waals surface area contributed by atoms with Gasteiger partial charge in [-0.3, -0.25) is 4.99 Å². The number of aliphatic hydroxyl groups excluding tert-OH is 1. The lowest BCUT2D eigenvalue weighted by Crippen LogP contribution is -2.37. The molecule has 2 N–H and O–H groups in total. The van der Waals surface area contributed by atoms with Crippen LogP contribution in [0, 0.1) is 5.92 Å². The van der Waals surface area contributed by atoms with Crippen LogP contribution in [0.4, 0.5) is 8.78 Å². The molecule has 0 amide bonds. The van der Waals surface area contributed by atoms with E-state index in [0.29, 0.717) is 24.0 Å². The van der Waals surface area contributed by atoms with Crippen LogP contribution in [0.3, 0.4) is 0 Å². The second-order valence-corrected chi connectivity index (χ2v) is 4.66. The molecule has 0 aromatic heterocycles. The summed E-state index contributed by atoms with van der Waals surface area (Å²) in [6.07, 6.45) is -0.433. The van der Waals surface area contributed by atoms with Crippen LogP contribution in [-0.4, -0.2) is 41.1 Å². The van der Waals surface area contributed by atoms with Crippen LogP contribution in [0.25, 0.3) is 0 Å². The molecular formula is C8H12F2N2OS. The molecule has 80 valence electrons. The molecule has 2 unspecified atom stereocenters. The van der Waals surface area contributed by atoms with Gasteiger partial charge in [0.2, 0.25) is 0 Å². The van der Waals surface area contributed by atoms with Crippen molar-refractivity contribution < 1.29 is 13.9 Å². The normalized spacial score (nSPS) is 34.6. The first-order valence-corrected chi connectivity index (χ1v) is 5.53. The summed E-state index contributed by atoms with van der Waals surface area (Å²) in [5.41, 5.74) is 0. The highest BCUT2D eigenvalue weighted by atomic mass is 32.2. The summed E-state index contributed by atoms with van der Waals surface area (Å²) in [6.45, 7) is 0.837. The molecule has 2 aliphatic rings. The Morgan fingerprint density at radius 3 is 2.86 bits per heavy atom. The molecule has 1 saturated carbocycles. The van der Waals surface area contributed by atoms with Crippen molar-refractivity contribution in [3.63, 3.8) is 0 Å². The van der Waals surface area contributed by atoms with Gasteiger partial charge in [0.1, 0.15) is 0 Å². The van der Waals surface area contributed by atoms with Crippen LogP contribution in [0.15, 0.2) is 4.99 Å². The van der Waals surface area contributed by atoms with Gasteiger partial charge in [-0.1, -0.05) is 11.8 Å². The molecule has 0 aromatic rings. The molecule has 2 atom stereocenters. The van der Waals surface area contributed by atoms with Crippen molar-refractivity contribution in [2.24, 2.45) is 10.9 Å². The highest BCUT2D eigenvalue weighted by molar-refractivity contribution is 8.13. The second kappa shape index (κ2) is 3.66. The smallest absolute Gasteiger partial charge is 0.252 e. The first-order valence-electron chi connectivity index (χ1n) is 4.55. The maximum atomic E-state index is 12.5. The quantitative estimate of drug-likeness (QED) is 0.722. The molecule has 1 aliphatic carbocycles. The van der Waals surface area contributed by atoms with Crippen molar-refractivity contribution in [1.29, 1.82) is 0 Å². The topological polar surface area (TPSA) is 44.6 Å². The number of amidine groups is 1. The van der Waals surface area contributed by atoms with E-state index in [2.05, 4.69) is 10.3 Å². The molecule has 14 heavy (non-hydrogen) atoms. The number of thioether (sulfide) groups is 1. The molecule has 1 aliphatic heterocycles. The van der Waals surface area contributed by atoms with Crippen LogP contribution in [0.2, 0.25) is 0 Å². The van der Waals surface area contributed by atoms with Crippen LogP contribution >= 0.6 is 11.8 Å². The fourth-order valence-electron chi connectivity index (χ4n) is 1.24. The average Bonchev–Trinajstić information content (AvgIpc) is 2.73. The van der Waals surface area contributed by atoms with E-state index in [0.717, 1.165) is 0 Å². The number of aliphatic imine (C=N–C) groups is 1. The summed E-state index contributed by atoms with van der Waals surface area (Å²) in [5, 5.41) is 12.7. The summed E-state index contributed by atoms with van der Waals surface area (Å²) < 4.78 is 25.0. The highest BCUT2D eigenvalue weighted by Crippen LogP contribution is 2.50. The number of hydrogen-bond acceptors (Lipinski definition) is 4. The number of hydrogen-bond donors (Lipinski definition) is 2. The van der Waals surface area contributed by atoms with Gasteiger partial charge in [-0.05, 0) is 0 Å². The molecule has 0 aromatic carbocycles. The first-order chi connectivity index (χ1) is 6.58. The fraction of sp³-hybridized carbons (Fsp3) is 0.875. The summed E-state index contributed by atoms with van der Waals surface area (Å²) in [6, 6.07) is 0. The fourth-order valence-corrected chi connectivity index (χ4v) is 2.31. The lowest BCUT2D eigenvalue weighted by molar-refractivity contribution is 0.103. The van der Waals surface area contributed by atoms with Gasteiger partial charge in [-0.25, -0.2) is 8.78 Å². The van der Waals surface area contributed by atoms with E-state index in [-0.39, 0.29) is 6.42 Å². The maximum Gasteiger partial charge on any atom is 0.252 e. The molecule has 0 bridgehead atoms. The number of rotatable bonds is 2. The number of halogens is 2. The van der Waals surface area contributed by atoms with Gasteiger partial charge in [0.05, 0.1) is 12.6 Å². The molecular weight excluding hydrogens is 210 g/mol. The molecule has 0 radical (unpaired) electrons. The molecule has 1 fully saturated rings. The minimum atomic E-state index is -2.44. The van der Waals surface area contributed by atoms with Crippen LogP contribution in [-0.2, 0) is 0 Å². The van der Waals surface area contributed by atoms with Crippen molar-refractivity contribution in [3.8, 4) is 0 Å². The zero-order chi connectivity index (χ0) is 10.2. The highest BCUT2D eigenvalue weighted by Gasteiger charge is 2.56. The van der Waals surface area contributed by atoms with Gasteiger partial charge in [-0.15, -0.1) is 0 Å². The zero-order valence-corrected chi connectivity index (χ0v) is 8.36. The number of nitrogens with zero attached hydrogens (tertiary/aromatic N) is 1. The van der Waals surface area contributed by atoms with E-state index in [4.69, 9.17) is 5.11 Å². The number of aliphatic hydroxyl groups is 1. The summed E-state index contributed by atoms with van der Waals surface area (Å²) in [7, 11) is 0. The predicted octanol–water partition coefficient (Wildman–Crippen LogP) is 0.695. The number of β-amino-alcohol motifs (C(OH)–C–C–N with tert-alkyl or cyclic N) is 1. The third-order valence-electron chi connectivity index (χ3n) is 2.31. The first kappa shape index (κ1) is 10.2. The predicted molar refractivity (Wildman–Crippen MR) is 51.8 cm³/mol. The van der Waals surface area contributed by atoms with Crippen LogP contribution < -0.4 is 5.32 Å². The van der Waals surface area contributed by atoms with Gasteiger partial charge < -0.3 is 10.4 Å². The number of nitrogens with one attached hydrogen (secondary N) is 1. The Bertz CT molecular complexity index is 260. The van der Waals surface area contributed by atoms with E-state index in [1.807, 2.05) is 0 Å². The molecule has 2 rings (SSSR count). The minimum absolute atomic E-state index is 0.00983. The number of alkyl halides is 2. The third kappa shape index (κ3) is 2.36. The van der Waals surface area contributed by atoms with Crippen molar-refractivity contribution in [2.75, 3.05) is 18.8 Å². The van der Waals surface area contributed by atoms with Crippen molar-refractivity contribution in [1.82, 2.24) is 5.32 Å². The molecule has 0 spiro atoms. The SMILES string of the molecule is OC1CN=C(SCC2CC2(F)F)NC1. The maximum absolute atomic E-state index is 12.5. The van der Waals surface area contributed by atoms with Gasteiger partial charge in [0.15, 0.2) is 5.17 Å². The van der Waals surface area contributed by atoms with E-state index >= 15 is 0 Å². The van der Waals surface area contributed by atoms with Crippen molar-refractivity contribution in [3.05, 3.63) is 0 Å². The molecule has 0 saturated heterocycles. The lowest BCUT2D eigenvalue weighted by atomic mass is 10.3. The third-order valence-corrected chi connectivity index (χ3v) is 3.43. The van der Waals surface area contributed by atoms with Gasteiger partial charge in [0, 0.05) is 24.6 Å². The van der Waals surface area contributed by atoms with E-state index in [1.165, 1.54) is 11.8 Å². The Morgan fingerprint density at radius 2 is 2.36 bits per heavy atom. The standard InChI is InChI=1S/C8H12F2N2OS/c9-8(10)1-5(8)4-14-7-11-2-6(13)3-12-7/h5-6,13H,1-4H2,(H,11,12). The minimum Gasteiger partial charge on any atom is -0.389 e. The molecule has 6 heteroatoms. The Balaban J connectivity index is 1.72.